The summed E-state index contributed by atoms with van der Waals surface area (Å²) in [5.41, 5.74) is 1.88. The van der Waals surface area contributed by atoms with E-state index in [2.05, 4.69) is 34.4 Å². The Morgan fingerprint density at radius 2 is 1.76 bits per heavy atom. The van der Waals surface area contributed by atoms with E-state index in [9.17, 15) is 8.42 Å². The van der Waals surface area contributed by atoms with Crippen molar-refractivity contribution >= 4 is 39.8 Å². The Balaban J connectivity index is 0.00000420. The molecule has 0 aliphatic carbocycles. The van der Waals surface area contributed by atoms with Crippen LogP contribution in [0, 0.1) is 5.92 Å². The van der Waals surface area contributed by atoms with Crippen LogP contribution in [-0.4, -0.2) is 58.3 Å². The van der Waals surface area contributed by atoms with Gasteiger partial charge >= 0.3 is 0 Å². The van der Waals surface area contributed by atoms with Crippen LogP contribution in [0.3, 0.4) is 0 Å². The van der Waals surface area contributed by atoms with Crippen LogP contribution in [0.1, 0.15) is 44.2 Å². The van der Waals surface area contributed by atoms with Crippen LogP contribution in [0.5, 0.6) is 0 Å². The zero-order valence-corrected chi connectivity index (χ0v) is 21.1. The van der Waals surface area contributed by atoms with E-state index in [0.717, 1.165) is 49.1 Å². The zero-order valence-electron chi connectivity index (χ0n) is 18.0. The zero-order chi connectivity index (χ0) is 20.4. The molecule has 0 unspecified atom stereocenters. The Kier molecular flexibility index (Phi) is 12.1. The molecule has 1 aliphatic heterocycles. The van der Waals surface area contributed by atoms with Crippen molar-refractivity contribution in [2.24, 2.45) is 10.9 Å². The minimum Gasteiger partial charge on any atom is -0.357 e. The van der Waals surface area contributed by atoms with Crippen LogP contribution in [0.25, 0.3) is 0 Å². The standard InChI is InChI=1S/C21H36N4O2S.HI/c1-4-22-21(23-12-5-13-25-14-10-18(2)11-15-25)24-16-19-6-8-20(9-7-19)17-28(3,26)27;/h6-9,18H,4-5,10-17H2,1-3H3,(H2,22,23,24);1H. The van der Waals surface area contributed by atoms with Gasteiger partial charge in [-0.05, 0) is 62.9 Å². The van der Waals surface area contributed by atoms with Crippen molar-refractivity contribution in [2.75, 3.05) is 39.0 Å². The normalized spacial score (nSPS) is 16.3. The van der Waals surface area contributed by atoms with Crippen LogP contribution in [0.4, 0.5) is 0 Å². The summed E-state index contributed by atoms with van der Waals surface area (Å²) in [5.74, 6) is 1.79. The molecule has 1 aliphatic rings. The fourth-order valence-electron chi connectivity index (χ4n) is 3.35. The number of likely N-dealkylation sites (tertiary alicyclic amines) is 1. The molecular formula is C21H37IN4O2S. The molecule has 0 bridgehead atoms. The van der Waals surface area contributed by atoms with Crippen molar-refractivity contribution in [2.45, 2.75) is 45.4 Å². The minimum atomic E-state index is -3.00. The fraction of sp³-hybridized carbons (Fsp3) is 0.667. The Labute approximate surface area is 193 Å². The molecule has 2 rings (SSSR count). The lowest BCUT2D eigenvalue weighted by atomic mass is 9.99. The number of benzene rings is 1. The maximum Gasteiger partial charge on any atom is 0.191 e. The molecule has 1 aromatic carbocycles. The van der Waals surface area contributed by atoms with E-state index in [-0.39, 0.29) is 29.7 Å². The number of nitrogens with one attached hydrogen (secondary N) is 2. The predicted octanol–water partition coefficient (Wildman–Crippen LogP) is 3.03. The molecule has 166 valence electrons. The predicted molar refractivity (Wildman–Crippen MR) is 133 cm³/mol. The summed E-state index contributed by atoms with van der Waals surface area (Å²) in [7, 11) is -3.00. The third-order valence-electron chi connectivity index (χ3n) is 5.04. The highest BCUT2D eigenvalue weighted by molar-refractivity contribution is 14.0. The first-order valence-electron chi connectivity index (χ1n) is 10.4. The molecule has 0 atom stereocenters. The number of hydrogen-bond donors (Lipinski definition) is 2. The summed E-state index contributed by atoms with van der Waals surface area (Å²) in [6.45, 7) is 10.3. The second-order valence-electron chi connectivity index (χ2n) is 7.89. The van der Waals surface area contributed by atoms with E-state index >= 15 is 0 Å². The molecule has 2 N–H and O–H groups in total. The summed E-state index contributed by atoms with van der Waals surface area (Å²) >= 11 is 0. The van der Waals surface area contributed by atoms with Gasteiger partial charge < -0.3 is 15.5 Å². The van der Waals surface area contributed by atoms with Gasteiger partial charge in [-0.15, -0.1) is 24.0 Å². The Bertz CT molecular complexity index is 715. The van der Waals surface area contributed by atoms with Crippen molar-refractivity contribution in [3.8, 4) is 0 Å². The molecule has 6 nitrogen and oxygen atoms in total. The molecule has 0 amide bonds. The van der Waals surface area contributed by atoms with Gasteiger partial charge in [-0.2, -0.15) is 0 Å². The summed E-state index contributed by atoms with van der Waals surface area (Å²) in [6.07, 6.45) is 5.01. The third-order valence-corrected chi connectivity index (χ3v) is 5.89. The van der Waals surface area contributed by atoms with E-state index in [1.807, 2.05) is 24.3 Å². The van der Waals surface area contributed by atoms with Crippen LogP contribution >= 0.6 is 24.0 Å². The van der Waals surface area contributed by atoms with Gasteiger partial charge in [0.1, 0.15) is 0 Å². The first-order valence-corrected chi connectivity index (χ1v) is 12.4. The maximum absolute atomic E-state index is 11.4. The SMILES string of the molecule is CCNC(=NCc1ccc(CS(C)(=O)=O)cc1)NCCCN1CCC(C)CC1.I. The van der Waals surface area contributed by atoms with Gasteiger partial charge in [0, 0.05) is 19.3 Å². The van der Waals surface area contributed by atoms with Gasteiger partial charge in [-0.3, -0.25) is 0 Å². The Morgan fingerprint density at radius 3 is 2.34 bits per heavy atom. The molecule has 0 spiro atoms. The lowest BCUT2D eigenvalue weighted by Gasteiger charge is -2.30. The average molecular weight is 537 g/mol. The first-order chi connectivity index (χ1) is 13.4. The monoisotopic (exact) mass is 536 g/mol. The number of halogens is 1. The summed E-state index contributed by atoms with van der Waals surface area (Å²) in [6, 6.07) is 7.63. The summed E-state index contributed by atoms with van der Waals surface area (Å²) in [5, 5.41) is 6.70. The van der Waals surface area contributed by atoms with Gasteiger partial charge in [-0.25, -0.2) is 13.4 Å². The van der Waals surface area contributed by atoms with Crippen LogP contribution in [0.15, 0.2) is 29.3 Å². The van der Waals surface area contributed by atoms with Gasteiger partial charge in [0.25, 0.3) is 0 Å². The second kappa shape index (κ2) is 13.4. The smallest absolute Gasteiger partial charge is 0.191 e. The molecule has 1 saturated heterocycles. The topological polar surface area (TPSA) is 73.8 Å². The molecule has 0 radical (unpaired) electrons. The molecule has 29 heavy (non-hydrogen) atoms. The number of hydrogen-bond acceptors (Lipinski definition) is 4. The van der Waals surface area contributed by atoms with Crippen LogP contribution in [0.2, 0.25) is 0 Å². The molecule has 0 saturated carbocycles. The van der Waals surface area contributed by atoms with Crippen molar-refractivity contribution < 1.29 is 8.42 Å². The molecule has 0 aromatic heterocycles. The highest BCUT2D eigenvalue weighted by Gasteiger charge is 2.14. The van der Waals surface area contributed by atoms with Crippen molar-refractivity contribution in [1.82, 2.24) is 15.5 Å². The number of piperidine rings is 1. The molecule has 1 fully saturated rings. The maximum atomic E-state index is 11.4. The number of guanidine groups is 1. The van der Waals surface area contributed by atoms with Gasteiger partial charge in [0.2, 0.25) is 0 Å². The molecule has 8 heteroatoms. The minimum absolute atomic E-state index is 0. The lowest BCUT2D eigenvalue weighted by molar-refractivity contribution is 0.191. The molecular weight excluding hydrogens is 499 g/mol. The lowest BCUT2D eigenvalue weighted by Crippen LogP contribution is -2.39. The Morgan fingerprint density at radius 1 is 1.14 bits per heavy atom. The quantitative estimate of drug-likeness (QED) is 0.220. The largest absolute Gasteiger partial charge is 0.357 e. The highest BCUT2D eigenvalue weighted by atomic mass is 127. The van der Waals surface area contributed by atoms with E-state index in [0.29, 0.717) is 6.54 Å². The van der Waals surface area contributed by atoms with Gasteiger partial charge in [-0.1, -0.05) is 31.2 Å². The van der Waals surface area contributed by atoms with Gasteiger partial charge in [0.05, 0.1) is 12.3 Å². The second-order valence-corrected chi connectivity index (χ2v) is 10.0. The molecule has 1 aromatic rings. The Hall–Kier alpha value is -0.870. The van der Waals surface area contributed by atoms with Crippen molar-refractivity contribution in [1.29, 1.82) is 0 Å². The number of aliphatic imine (C=N–C) groups is 1. The third kappa shape index (κ3) is 11.2. The van der Waals surface area contributed by atoms with Gasteiger partial charge in [0.15, 0.2) is 15.8 Å². The van der Waals surface area contributed by atoms with Crippen LogP contribution < -0.4 is 10.6 Å². The number of sulfone groups is 1. The average Bonchev–Trinajstić information content (AvgIpc) is 2.64. The van der Waals surface area contributed by atoms with Crippen molar-refractivity contribution in [3.63, 3.8) is 0 Å². The fourth-order valence-corrected chi connectivity index (χ4v) is 4.15. The van der Waals surface area contributed by atoms with E-state index in [1.165, 1.54) is 32.2 Å². The molecule has 1 heterocycles. The summed E-state index contributed by atoms with van der Waals surface area (Å²) < 4.78 is 22.7. The van der Waals surface area contributed by atoms with Crippen molar-refractivity contribution in [3.05, 3.63) is 35.4 Å². The van der Waals surface area contributed by atoms with Crippen LogP contribution in [-0.2, 0) is 22.1 Å². The number of nitrogens with zero attached hydrogens (tertiary/aromatic N) is 2. The summed E-state index contributed by atoms with van der Waals surface area (Å²) in [4.78, 5) is 7.20. The van der Waals surface area contributed by atoms with E-state index < -0.39 is 9.84 Å². The first kappa shape index (κ1) is 26.2. The number of rotatable bonds is 9. The van der Waals surface area contributed by atoms with E-state index in [4.69, 9.17) is 0 Å². The van der Waals surface area contributed by atoms with E-state index in [1.54, 1.807) is 0 Å². The highest BCUT2D eigenvalue weighted by Crippen LogP contribution is 2.15.